The van der Waals surface area contributed by atoms with E-state index in [2.05, 4.69) is 15.0 Å². The second-order valence-electron chi connectivity index (χ2n) is 8.20. The summed E-state index contributed by atoms with van der Waals surface area (Å²) >= 11 is 0. The Hall–Kier alpha value is -3.80. The van der Waals surface area contributed by atoms with E-state index in [0.29, 0.717) is 11.3 Å². The van der Waals surface area contributed by atoms with E-state index in [0.717, 1.165) is 24.5 Å². The number of aromatic nitrogens is 4. The molecule has 0 unspecified atom stereocenters. The van der Waals surface area contributed by atoms with E-state index in [9.17, 15) is 22.0 Å². The molecule has 0 saturated carbocycles. The molecule has 4 aromatic rings. The molecule has 0 amide bonds. The van der Waals surface area contributed by atoms with Crippen LogP contribution in [0.1, 0.15) is 24.2 Å². The van der Waals surface area contributed by atoms with Gasteiger partial charge in [-0.05, 0) is 49.7 Å². The van der Waals surface area contributed by atoms with Crippen LogP contribution in [0.3, 0.4) is 0 Å². The van der Waals surface area contributed by atoms with Crippen molar-refractivity contribution in [3.05, 3.63) is 69.9 Å². The van der Waals surface area contributed by atoms with E-state index in [1.54, 1.807) is 26.0 Å². The third kappa shape index (κ3) is 4.81. The van der Waals surface area contributed by atoms with Crippen molar-refractivity contribution in [3.63, 3.8) is 0 Å². The lowest BCUT2D eigenvalue weighted by Gasteiger charge is -2.19. The number of H-pyrrole nitrogens is 1. The van der Waals surface area contributed by atoms with Gasteiger partial charge >= 0.3 is 5.69 Å². The third-order valence-corrected chi connectivity index (χ3v) is 6.60. The zero-order valence-electron chi connectivity index (χ0n) is 20.0. The topological polar surface area (TPSA) is 116 Å². The number of hydrogen-bond donors (Lipinski definition) is 1. The maximum Gasteiger partial charge on any atom is 0.328 e. The van der Waals surface area contributed by atoms with Crippen LogP contribution in [0, 0.1) is 18.6 Å². The lowest BCUT2D eigenvalue weighted by Crippen LogP contribution is -2.29. The number of hydrogen-bond acceptors (Lipinski definition) is 7. The number of benzene rings is 1. The highest BCUT2D eigenvalue weighted by atomic mass is 32.2. The molecule has 9 nitrogen and oxygen atoms in total. The second kappa shape index (κ2) is 9.69. The van der Waals surface area contributed by atoms with Crippen molar-refractivity contribution in [1.29, 1.82) is 0 Å². The number of methoxy groups -OCH3 is 1. The number of ether oxygens (including phenoxy) is 2. The zero-order chi connectivity index (χ0) is 26.2. The molecule has 0 aliphatic heterocycles. The van der Waals surface area contributed by atoms with Gasteiger partial charge < -0.3 is 14.5 Å². The van der Waals surface area contributed by atoms with E-state index in [4.69, 9.17) is 9.47 Å². The number of fused-ring (bicyclic) bond motifs is 1. The predicted octanol–water partition coefficient (Wildman–Crippen LogP) is 3.41. The molecule has 0 aliphatic rings. The fourth-order valence-corrected chi connectivity index (χ4v) is 4.95. The minimum absolute atomic E-state index is 0.0126. The molecular formula is C24H24F2N4O5S. The number of nitrogens with one attached hydrogen (secondary N) is 1. The Balaban J connectivity index is 1.94. The fourth-order valence-electron chi connectivity index (χ4n) is 4.05. The van der Waals surface area contributed by atoms with E-state index in [1.165, 1.54) is 17.9 Å². The standard InChI is InChI=1S/C24H24F2N4O5S/c1-5-35-23-20(34-3)9-8-18(28-23)19(12-36(4,32)33)30-22-21(29-24(30)31)13(2)16(11-27-22)15-10-14(25)6-7-17(15)26/h6-11,19H,5,12H2,1-4H3,(H,29,31)/t19-/m1/s1. The van der Waals surface area contributed by atoms with E-state index in [1.807, 2.05) is 0 Å². The van der Waals surface area contributed by atoms with Gasteiger partial charge in [0, 0.05) is 23.6 Å². The summed E-state index contributed by atoms with van der Waals surface area (Å²) in [6.45, 7) is 3.68. The molecular weight excluding hydrogens is 494 g/mol. The number of halogens is 2. The predicted molar refractivity (Wildman–Crippen MR) is 130 cm³/mol. The molecule has 1 aromatic carbocycles. The molecule has 1 atom stereocenters. The fraction of sp³-hybridized carbons (Fsp3) is 0.292. The van der Waals surface area contributed by atoms with Gasteiger partial charge in [0.1, 0.15) is 21.5 Å². The molecule has 0 fully saturated rings. The summed E-state index contributed by atoms with van der Waals surface area (Å²) in [7, 11) is -2.15. The lowest BCUT2D eigenvalue weighted by atomic mass is 10.0. The first-order valence-electron chi connectivity index (χ1n) is 10.9. The van der Waals surface area contributed by atoms with Crippen molar-refractivity contribution in [1.82, 2.24) is 19.5 Å². The van der Waals surface area contributed by atoms with Crippen molar-refractivity contribution in [3.8, 4) is 22.8 Å². The minimum Gasteiger partial charge on any atom is -0.491 e. The number of sulfone groups is 1. The average molecular weight is 519 g/mol. The van der Waals surface area contributed by atoms with Crippen LogP contribution in [0.2, 0.25) is 0 Å². The smallest absolute Gasteiger partial charge is 0.328 e. The monoisotopic (exact) mass is 518 g/mol. The van der Waals surface area contributed by atoms with Gasteiger partial charge in [-0.15, -0.1) is 0 Å². The Kier molecular flexibility index (Phi) is 6.81. The lowest BCUT2D eigenvalue weighted by molar-refractivity contribution is 0.296. The molecule has 12 heteroatoms. The number of imidazole rings is 1. The summed E-state index contributed by atoms with van der Waals surface area (Å²) in [5, 5.41) is 0. The van der Waals surface area contributed by atoms with Gasteiger partial charge in [-0.1, -0.05) is 0 Å². The summed E-state index contributed by atoms with van der Waals surface area (Å²) in [5.41, 5.74) is 0.723. The summed E-state index contributed by atoms with van der Waals surface area (Å²) in [6.07, 6.45) is 2.38. The number of pyridine rings is 2. The number of aromatic amines is 1. The maximum absolute atomic E-state index is 14.4. The average Bonchev–Trinajstić information content (AvgIpc) is 3.16. The Morgan fingerprint density at radius 3 is 2.58 bits per heavy atom. The highest BCUT2D eigenvalue weighted by Gasteiger charge is 2.28. The Morgan fingerprint density at radius 1 is 1.17 bits per heavy atom. The Labute approximate surface area is 205 Å². The van der Waals surface area contributed by atoms with Crippen LogP contribution in [-0.4, -0.2) is 53.7 Å². The summed E-state index contributed by atoms with van der Waals surface area (Å²) < 4.78 is 65.0. The van der Waals surface area contributed by atoms with Crippen LogP contribution in [0.5, 0.6) is 11.6 Å². The molecule has 3 heterocycles. The van der Waals surface area contributed by atoms with Crippen molar-refractivity contribution in [2.45, 2.75) is 19.9 Å². The Morgan fingerprint density at radius 2 is 1.92 bits per heavy atom. The number of rotatable bonds is 8. The van der Waals surface area contributed by atoms with E-state index in [-0.39, 0.29) is 40.5 Å². The van der Waals surface area contributed by atoms with Crippen LogP contribution in [0.4, 0.5) is 8.78 Å². The van der Waals surface area contributed by atoms with Gasteiger partial charge in [0.15, 0.2) is 11.4 Å². The molecule has 1 N–H and O–H groups in total. The van der Waals surface area contributed by atoms with Crippen molar-refractivity contribution in [2.24, 2.45) is 0 Å². The zero-order valence-corrected chi connectivity index (χ0v) is 20.8. The normalized spacial score (nSPS) is 12.6. The quantitative estimate of drug-likeness (QED) is 0.380. The van der Waals surface area contributed by atoms with Crippen LogP contribution in [0.15, 0.2) is 41.3 Å². The van der Waals surface area contributed by atoms with Crippen LogP contribution in [0.25, 0.3) is 22.3 Å². The second-order valence-corrected chi connectivity index (χ2v) is 10.4. The molecule has 190 valence electrons. The van der Waals surface area contributed by atoms with E-state index < -0.39 is 39.0 Å². The minimum atomic E-state index is -3.60. The first-order valence-corrected chi connectivity index (χ1v) is 13.0. The molecule has 0 bridgehead atoms. The summed E-state index contributed by atoms with van der Waals surface area (Å²) in [6, 6.07) is 5.12. The van der Waals surface area contributed by atoms with Crippen molar-refractivity contribution in [2.75, 3.05) is 25.7 Å². The first kappa shape index (κ1) is 25.3. The van der Waals surface area contributed by atoms with Gasteiger partial charge in [-0.25, -0.2) is 32.0 Å². The van der Waals surface area contributed by atoms with Crippen molar-refractivity contribution >= 4 is 21.0 Å². The molecule has 36 heavy (non-hydrogen) atoms. The largest absolute Gasteiger partial charge is 0.491 e. The first-order chi connectivity index (χ1) is 17.0. The number of nitrogens with zero attached hydrogens (tertiary/aromatic N) is 3. The van der Waals surface area contributed by atoms with Crippen LogP contribution < -0.4 is 15.2 Å². The summed E-state index contributed by atoms with van der Waals surface area (Å²) in [4.78, 5) is 24.6. The maximum atomic E-state index is 14.4. The third-order valence-electron chi connectivity index (χ3n) is 5.68. The highest BCUT2D eigenvalue weighted by Crippen LogP contribution is 2.32. The molecule has 3 aromatic heterocycles. The van der Waals surface area contributed by atoms with Gasteiger partial charge in [0.25, 0.3) is 5.88 Å². The van der Waals surface area contributed by atoms with Gasteiger partial charge in [0.05, 0.1) is 36.7 Å². The van der Waals surface area contributed by atoms with Gasteiger partial charge in [-0.2, -0.15) is 0 Å². The van der Waals surface area contributed by atoms with Gasteiger partial charge in [0.2, 0.25) is 0 Å². The molecule has 0 aliphatic carbocycles. The SMILES string of the molecule is CCOc1nc([C@@H](CS(C)(=O)=O)n2c(=O)[nH]c3c(C)c(-c4cc(F)ccc4F)cnc32)ccc1OC. The summed E-state index contributed by atoms with van der Waals surface area (Å²) in [5.74, 6) is -1.23. The number of aryl methyl sites for hydroxylation is 1. The highest BCUT2D eigenvalue weighted by molar-refractivity contribution is 7.90. The van der Waals surface area contributed by atoms with Crippen molar-refractivity contribution < 1.29 is 26.7 Å². The van der Waals surface area contributed by atoms with Crippen LogP contribution >= 0.6 is 0 Å². The molecule has 0 saturated heterocycles. The van der Waals surface area contributed by atoms with Crippen LogP contribution in [-0.2, 0) is 9.84 Å². The van der Waals surface area contributed by atoms with Gasteiger partial charge in [-0.3, -0.25) is 4.57 Å². The van der Waals surface area contributed by atoms with E-state index >= 15 is 0 Å². The molecule has 0 spiro atoms. The Bertz CT molecular complexity index is 1620. The molecule has 4 rings (SSSR count). The molecule has 0 radical (unpaired) electrons.